The van der Waals surface area contributed by atoms with E-state index in [0.717, 1.165) is 104 Å². The van der Waals surface area contributed by atoms with E-state index in [1.807, 2.05) is 198 Å². The van der Waals surface area contributed by atoms with Gasteiger partial charge in [0.15, 0.2) is 5.78 Å². The molecule has 0 saturated carbocycles. The van der Waals surface area contributed by atoms with Gasteiger partial charge >= 0.3 is 49.4 Å². The molecule has 34 heteroatoms. The first-order chi connectivity index (χ1) is 61.5. The summed E-state index contributed by atoms with van der Waals surface area (Å²) < 4.78 is 66.5. The fraction of sp³-hybridized carbons (Fsp3) is 0.337. The van der Waals surface area contributed by atoms with Crippen LogP contribution < -0.4 is 42.0 Å². The molecule has 7 atom stereocenters. The molecular formula is C98H112Br2Cl3I5N8O12S3V. The number of aliphatic imine (C=N–C) groups is 2. The summed E-state index contributed by atoms with van der Waals surface area (Å²) in [5, 5.41) is 1.90. The van der Waals surface area contributed by atoms with E-state index in [0.29, 0.717) is 64.0 Å². The number of aromatic nitrogens is 5. The number of hydrogen-bond donors (Lipinski definition) is 0. The van der Waals surface area contributed by atoms with Crippen molar-refractivity contribution >= 4 is 230 Å². The fourth-order valence-corrected chi connectivity index (χ4v) is 17.6. The molecule has 5 aromatic heterocycles. The second-order valence-corrected chi connectivity index (χ2v) is 58.7. The van der Waals surface area contributed by atoms with E-state index in [4.69, 9.17) is 59.0 Å². The number of hydrogen-bond acceptors (Lipinski definition) is 14. The van der Waals surface area contributed by atoms with Gasteiger partial charge in [-0.15, -0.1) is 0 Å². The second-order valence-electron chi connectivity index (χ2n) is 33.0. The Labute approximate surface area is 885 Å². The molecule has 2 aliphatic heterocycles. The number of aryl methyl sites for hydroxylation is 5. The number of pyridine rings is 5. The van der Waals surface area contributed by atoms with Crippen molar-refractivity contribution in [3.8, 4) is 50.6 Å². The number of fused-ring (bicyclic) bond motifs is 6. The molecule has 20 nitrogen and oxygen atoms in total. The Hall–Kier alpha value is -5.34. The molecule has 11 aromatic rings. The third-order valence-electron chi connectivity index (χ3n) is 20.4. The summed E-state index contributed by atoms with van der Waals surface area (Å²) in [6, 6.07) is 47.0. The molecule has 0 amide bonds. The molecule has 6 aromatic carbocycles. The van der Waals surface area contributed by atoms with E-state index in [9.17, 15) is 41.4 Å². The van der Waals surface area contributed by atoms with Crippen LogP contribution in [0.25, 0.3) is 33.4 Å². The van der Waals surface area contributed by atoms with Crippen LogP contribution in [0.1, 0.15) is 187 Å². The summed E-state index contributed by atoms with van der Waals surface area (Å²) in [5.41, 5.74) is 15.8. The normalized spacial score (nSPS) is 14.0. The summed E-state index contributed by atoms with van der Waals surface area (Å²) in [5.74, 6) is 2.78. The SMILES string of the molecule is C.CC(CS(=O)C(C)(C)C)c1cc(=O)n(C)cc1Br.CI.COc1ccc(-c2cn(C)c(=O)cc2C(C)CS(=O)C(C)(C)C)c(C(=O)c2ccc(Cl)cc2)c1.COc1ccc2c(c1)C(c1ccc(Cl)cc1)=NC(C)c1cc(=O)n(C)cc1-2.COc1ccc2c(c1)C(c1ccc(Cl)cc1)=NC(C)c1cc(=O)n(C)cc1-2.Cn1cc(Br)c(C=NS(=O)C(C)(C)C)cc1=O.ICI.[I][V][I]. The number of carbonyl (C=O) groups excluding carboxylic acids is 1. The first-order valence-corrected chi connectivity index (χ1v) is 61.3. The van der Waals surface area contributed by atoms with E-state index in [2.05, 4.69) is 144 Å². The number of alkyl halides is 3. The predicted molar refractivity (Wildman–Crippen MR) is 601 cm³/mol. The number of nitrogens with zero attached hydrogens (tertiary/aromatic N) is 8. The third kappa shape index (κ3) is 32.9. The average Bonchev–Trinajstić information content (AvgIpc) is 1.52. The third-order valence-corrected chi connectivity index (χ3v) is 28.2. The van der Waals surface area contributed by atoms with Crippen molar-refractivity contribution in [2.24, 2.45) is 49.6 Å². The predicted octanol–water partition coefficient (Wildman–Crippen LogP) is 24.9. The summed E-state index contributed by atoms with van der Waals surface area (Å²) >= 11 is 36.4. The van der Waals surface area contributed by atoms with Crippen LogP contribution in [0.4, 0.5) is 0 Å². The zero-order chi connectivity index (χ0) is 98.2. The zero-order valence-corrected chi connectivity index (χ0v) is 96.9. The number of methoxy groups -OCH3 is 3. The molecule has 7 unspecified atom stereocenters. The van der Waals surface area contributed by atoms with E-state index in [1.165, 1.54) is 28.4 Å². The minimum absolute atomic E-state index is 0. The van der Waals surface area contributed by atoms with Crippen molar-refractivity contribution in [2.75, 3.05) is 40.2 Å². The van der Waals surface area contributed by atoms with Crippen LogP contribution in [0.3, 0.4) is 0 Å². The molecule has 2 aliphatic rings. The Bertz CT molecular complexity index is 6180. The van der Waals surface area contributed by atoms with Gasteiger partial charge in [0.05, 0.1) is 52.0 Å². The molecular weight excluding hydrogens is 2530 g/mol. The summed E-state index contributed by atoms with van der Waals surface area (Å²) in [4.78, 5) is 85.6. The van der Waals surface area contributed by atoms with Gasteiger partial charge in [-0.1, -0.05) is 148 Å². The first kappa shape index (κ1) is 117. The maximum atomic E-state index is 13.5. The van der Waals surface area contributed by atoms with Crippen LogP contribution >= 0.6 is 174 Å². The molecule has 0 bridgehead atoms. The van der Waals surface area contributed by atoms with Gasteiger partial charge in [-0.25, -0.2) is 4.21 Å². The number of ketones is 1. The van der Waals surface area contributed by atoms with Crippen molar-refractivity contribution in [1.29, 1.82) is 0 Å². The molecule has 0 fully saturated rings. The minimum atomic E-state index is -1.32. The van der Waals surface area contributed by atoms with Gasteiger partial charge in [0.25, 0.3) is 27.8 Å². The maximum absolute atomic E-state index is 13.5. The number of halogens is 10. The molecule has 0 radical (unpaired) electrons. The fourth-order valence-electron chi connectivity index (χ4n) is 13.1. The average molecular weight is 2640 g/mol. The molecule has 0 N–H and O–H groups in total. The van der Waals surface area contributed by atoms with Crippen molar-refractivity contribution in [2.45, 2.75) is 136 Å². The number of carbonyl (C=O) groups is 1. The van der Waals surface area contributed by atoms with Gasteiger partial charge in [0.1, 0.15) is 28.2 Å². The van der Waals surface area contributed by atoms with Crippen LogP contribution in [0.15, 0.2) is 236 Å². The van der Waals surface area contributed by atoms with Crippen LogP contribution in [0, 0.1) is 0 Å². The van der Waals surface area contributed by atoms with E-state index < -0.39 is 37.3 Å². The van der Waals surface area contributed by atoms with Crippen molar-refractivity contribution < 1.29 is 41.1 Å². The van der Waals surface area contributed by atoms with Crippen molar-refractivity contribution in [3.05, 3.63) is 326 Å². The monoisotopic (exact) mass is 2640 g/mol. The zero-order valence-electron chi connectivity index (χ0n) is 76.8. The van der Waals surface area contributed by atoms with E-state index in [1.54, 1.807) is 145 Å². The molecule has 132 heavy (non-hydrogen) atoms. The number of ether oxygens (including phenoxy) is 3. The second kappa shape index (κ2) is 54.3. The standard InChI is InChI=1S/C27H30ClNO4S.2C22H19ClN2O2.C13H20BrNO2S.C11H15BrN2O2S.CH2I2.CH3I.CH4.2HI.V/c1-17(16-34(32)27(2,3)4)22-14-25(30)29(5)15-24(22)21-12-11-20(33-6)13-23(21)26(31)18-7-9-19(28)10-8-18;2*1-13-18-11-21(26)25(2)12-20(18)17-9-8-16(27-3)10-19(17)22(24-13)14-4-6-15(23)7-5-14;1-9(8-18(17)13(2,3)4)10-6-12(16)15(5)7-11(10)14;1-11(2,3)17(16)13-6-8-5-10(15)14(4)7-9(8)12;2-1-3;1-2;;;;/h7-15,17H,16H2,1-6H3;2*4-13H,1-3H3;6-7,9H,8H2,1-5H3;5-7H,1-4H3;1H2;1H3;1H4;2*1H;/q;;;;;;;;;;+2/p-2. The summed E-state index contributed by atoms with van der Waals surface area (Å²) in [6.07, 6.45) is 10.4. The van der Waals surface area contributed by atoms with Gasteiger partial charge in [-0.2, -0.15) is 4.40 Å². The van der Waals surface area contributed by atoms with Gasteiger partial charge < -0.3 is 37.0 Å². The Morgan fingerprint density at radius 3 is 1.17 bits per heavy atom. The Morgan fingerprint density at radius 1 is 0.470 bits per heavy atom. The molecule has 0 spiro atoms. The van der Waals surface area contributed by atoms with Gasteiger partial charge in [-0.3, -0.25) is 47.2 Å². The quantitative estimate of drug-likeness (QED) is 0.0379. The summed E-state index contributed by atoms with van der Waals surface area (Å²) in [7, 11) is 10.7. The first-order valence-electron chi connectivity index (χ1n) is 40.6. The molecule has 0 aliphatic carbocycles. The Morgan fingerprint density at radius 2 is 0.795 bits per heavy atom. The molecule has 709 valence electrons. The molecule has 0 saturated heterocycles. The van der Waals surface area contributed by atoms with Crippen LogP contribution in [0.2, 0.25) is 15.1 Å². The van der Waals surface area contributed by atoms with Gasteiger partial charge in [0.2, 0.25) is 0 Å². The van der Waals surface area contributed by atoms with Gasteiger partial charge in [0, 0.05) is 225 Å². The van der Waals surface area contributed by atoms with Crippen LogP contribution in [0.5, 0.6) is 17.2 Å². The Balaban J connectivity index is 0.000000291. The Kier molecular flexibility index (Phi) is 48.2. The number of rotatable bonds is 16. The number of benzene rings is 6. The van der Waals surface area contributed by atoms with Crippen molar-refractivity contribution in [3.63, 3.8) is 0 Å². The molecule has 7 heterocycles. The van der Waals surface area contributed by atoms with Crippen LogP contribution in [-0.2, 0) is 77.3 Å². The van der Waals surface area contributed by atoms with Crippen LogP contribution in [-0.4, -0.2) is 113 Å². The van der Waals surface area contributed by atoms with E-state index in [-0.39, 0.29) is 74.4 Å². The molecule has 13 rings (SSSR count). The van der Waals surface area contributed by atoms with E-state index >= 15 is 0 Å². The van der Waals surface area contributed by atoms with Crippen molar-refractivity contribution in [1.82, 2.24) is 22.8 Å². The topological polar surface area (TPSA) is 243 Å². The van der Waals surface area contributed by atoms with Gasteiger partial charge in [-0.05, 0) is 267 Å². The summed E-state index contributed by atoms with van der Waals surface area (Å²) in [6.45, 7) is 25.2.